The second-order valence-corrected chi connectivity index (χ2v) is 8.63. The number of carbonyl (C=O) groups excluding carboxylic acids is 1. The van der Waals surface area contributed by atoms with Gasteiger partial charge >= 0.3 is 0 Å². The molecular weight excluding hydrogens is 364 g/mol. The van der Waals surface area contributed by atoms with Crippen molar-refractivity contribution in [2.24, 2.45) is 5.92 Å². The largest absolute Gasteiger partial charge is 0.353 e. The number of benzene rings is 1. The van der Waals surface area contributed by atoms with Crippen LogP contribution in [-0.4, -0.2) is 40.1 Å². The zero-order valence-corrected chi connectivity index (χ0v) is 17.4. The lowest BCUT2D eigenvalue weighted by Gasteiger charge is -2.31. The second kappa shape index (κ2) is 9.53. The highest BCUT2D eigenvalue weighted by Crippen LogP contribution is 2.22. The van der Waals surface area contributed by atoms with Crippen LogP contribution in [-0.2, 0) is 11.3 Å². The Morgan fingerprint density at radius 2 is 1.76 bits per heavy atom. The van der Waals surface area contributed by atoms with Crippen LogP contribution in [0.2, 0.25) is 0 Å². The van der Waals surface area contributed by atoms with Gasteiger partial charge < -0.3 is 9.84 Å². The van der Waals surface area contributed by atoms with Crippen LogP contribution in [0, 0.1) is 12.8 Å². The second-order valence-electron chi connectivity index (χ2n) is 8.63. The van der Waals surface area contributed by atoms with Crippen molar-refractivity contribution in [2.45, 2.75) is 70.9 Å². The average Bonchev–Trinajstić information content (AvgIpc) is 3.04. The molecule has 2 aromatic rings. The number of piperidine rings is 1. The Balaban J connectivity index is 1.24. The summed E-state index contributed by atoms with van der Waals surface area (Å²) in [6.07, 6.45) is 9.21. The summed E-state index contributed by atoms with van der Waals surface area (Å²) in [7, 11) is 0. The molecule has 4 rings (SSSR count). The lowest BCUT2D eigenvalue weighted by atomic mass is 9.95. The molecule has 1 saturated heterocycles. The maximum absolute atomic E-state index is 12.7. The molecule has 6 heteroatoms. The van der Waals surface area contributed by atoms with Gasteiger partial charge in [-0.1, -0.05) is 60.7 Å². The molecule has 0 atom stereocenters. The summed E-state index contributed by atoms with van der Waals surface area (Å²) in [5, 5.41) is 7.44. The van der Waals surface area contributed by atoms with E-state index in [9.17, 15) is 4.79 Å². The van der Waals surface area contributed by atoms with Crippen LogP contribution in [0.25, 0.3) is 11.4 Å². The first-order valence-electron chi connectivity index (χ1n) is 11.1. The Morgan fingerprint density at radius 3 is 2.45 bits per heavy atom. The third kappa shape index (κ3) is 5.44. The van der Waals surface area contributed by atoms with Crippen molar-refractivity contribution < 1.29 is 9.32 Å². The summed E-state index contributed by atoms with van der Waals surface area (Å²) in [6.45, 7) is 4.50. The van der Waals surface area contributed by atoms with Gasteiger partial charge in [-0.25, -0.2) is 0 Å². The zero-order chi connectivity index (χ0) is 20.1. The van der Waals surface area contributed by atoms with Crippen LogP contribution in [0.1, 0.15) is 62.8 Å². The van der Waals surface area contributed by atoms with E-state index in [0.717, 1.165) is 44.3 Å². The fraction of sp³-hybridized carbons (Fsp3) is 0.609. The minimum absolute atomic E-state index is 0.139. The number of carbonyl (C=O) groups is 1. The fourth-order valence-corrected chi connectivity index (χ4v) is 4.43. The molecule has 1 amide bonds. The summed E-state index contributed by atoms with van der Waals surface area (Å²) in [6, 6.07) is 8.53. The van der Waals surface area contributed by atoms with Gasteiger partial charge in [-0.15, -0.1) is 0 Å². The summed E-state index contributed by atoms with van der Waals surface area (Å²) in [5.74, 6) is 1.68. The number of likely N-dealkylation sites (tertiary alicyclic amines) is 1. The van der Waals surface area contributed by atoms with Gasteiger partial charge in [0.25, 0.3) is 0 Å². The summed E-state index contributed by atoms with van der Waals surface area (Å²) in [5.41, 5.74) is 2.18. The quantitative estimate of drug-likeness (QED) is 0.771. The molecule has 6 nitrogen and oxygen atoms in total. The monoisotopic (exact) mass is 396 g/mol. The molecule has 29 heavy (non-hydrogen) atoms. The standard InChI is InChI=1S/C23H32N4O2/c1-17-8-10-18(11-9-17)22-25-21(29-26-22)16-27-14-12-19(13-15-27)23(28)24-20-6-4-2-3-5-7-20/h8-11,19-20H,2-7,12-16H2,1H3,(H,24,28). The summed E-state index contributed by atoms with van der Waals surface area (Å²) < 4.78 is 5.46. The van der Waals surface area contributed by atoms with Crippen molar-refractivity contribution in [1.82, 2.24) is 20.4 Å². The Morgan fingerprint density at radius 1 is 1.07 bits per heavy atom. The predicted molar refractivity (Wildman–Crippen MR) is 112 cm³/mol. The highest BCUT2D eigenvalue weighted by molar-refractivity contribution is 5.79. The minimum Gasteiger partial charge on any atom is -0.353 e. The normalized spacial score (nSPS) is 19.8. The maximum Gasteiger partial charge on any atom is 0.241 e. The molecule has 2 aliphatic rings. The third-order valence-electron chi connectivity index (χ3n) is 6.30. The zero-order valence-electron chi connectivity index (χ0n) is 17.4. The van der Waals surface area contributed by atoms with Crippen molar-refractivity contribution in [1.29, 1.82) is 0 Å². The molecule has 0 bridgehead atoms. The number of rotatable bonds is 5. The van der Waals surface area contributed by atoms with Gasteiger partial charge in [0.15, 0.2) is 0 Å². The first-order valence-corrected chi connectivity index (χ1v) is 11.1. The van der Waals surface area contributed by atoms with E-state index in [4.69, 9.17) is 4.52 Å². The predicted octanol–water partition coefficient (Wildman–Crippen LogP) is 4.10. The van der Waals surface area contributed by atoms with E-state index in [0.29, 0.717) is 24.3 Å². The molecule has 1 aromatic heterocycles. The molecule has 1 aliphatic carbocycles. The van der Waals surface area contributed by atoms with E-state index in [1.807, 2.05) is 12.1 Å². The van der Waals surface area contributed by atoms with Crippen LogP contribution in [0.15, 0.2) is 28.8 Å². The highest BCUT2D eigenvalue weighted by Gasteiger charge is 2.27. The molecule has 2 heterocycles. The lowest BCUT2D eigenvalue weighted by molar-refractivity contribution is -0.127. The number of amides is 1. The number of nitrogens with zero attached hydrogens (tertiary/aromatic N) is 3. The van der Waals surface area contributed by atoms with E-state index >= 15 is 0 Å². The van der Waals surface area contributed by atoms with E-state index in [2.05, 4.69) is 39.4 Å². The van der Waals surface area contributed by atoms with Crippen molar-refractivity contribution in [3.8, 4) is 11.4 Å². The number of hydrogen-bond donors (Lipinski definition) is 1. The van der Waals surface area contributed by atoms with Gasteiger partial charge in [0.2, 0.25) is 17.6 Å². The Kier molecular flexibility index (Phi) is 6.60. The van der Waals surface area contributed by atoms with Gasteiger partial charge in [-0.05, 0) is 45.7 Å². The molecular formula is C23H32N4O2. The van der Waals surface area contributed by atoms with Crippen molar-refractivity contribution in [3.05, 3.63) is 35.7 Å². The van der Waals surface area contributed by atoms with Gasteiger partial charge in [-0.3, -0.25) is 9.69 Å². The van der Waals surface area contributed by atoms with E-state index in [-0.39, 0.29) is 11.8 Å². The lowest BCUT2D eigenvalue weighted by Crippen LogP contribution is -2.43. The topological polar surface area (TPSA) is 71.3 Å². The highest BCUT2D eigenvalue weighted by atomic mass is 16.5. The number of aryl methyl sites for hydroxylation is 1. The average molecular weight is 397 g/mol. The number of nitrogens with one attached hydrogen (secondary N) is 1. The Bertz CT molecular complexity index is 785. The van der Waals surface area contributed by atoms with Crippen LogP contribution >= 0.6 is 0 Å². The van der Waals surface area contributed by atoms with Gasteiger partial charge in [-0.2, -0.15) is 4.98 Å². The molecule has 2 fully saturated rings. The molecule has 1 N–H and O–H groups in total. The number of aromatic nitrogens is 2. The summed E-state index contributed by atoms with van der Waals surface area (Å²) in [4.78, 5) is 19.5. The number of hydrogen-bond acceptors (Lipinski definition) is 5. The molecule has 0 unspecified atom stereocenters. The van der Waals surface area contributed by atoms with E-state index < -0.39 is 0 Å². The Labute approximate surface area is 173 Å². The van der Waals surface area contributed by atoms with Crippen LogP contribution in [0.4, 0.5) is 0 Å². The smallest absolute Gasteiger partial charge is 0.241 e. The van der Waals surface area contributed by atoms with E-state index in [1.54, 1.807) is 0 Å². The van der Waals surface area contributed by atoms with Crippen molar-refractivity contribution in [2.75, 3.05) is 13.1 Å². The SMILES string of the molecule is Cc1ccc(-c2noc(CN3CCC(C(=O)NC4CCCCCC4)CC3)n2)cc1. The van der Waals surface area contributed by atoms with Gasteiger partial charge in [0.05, 0.1) is 6.54 Å². The molecule has 1 aromatic carbocycles. The van der Waals surface area contributed by atoms with Crippen molar-refractivity contribution >= 4 is 5.91 Å². The molecule has 1 aliphatic heterocycles. The van der Waals surface area contributed by atoms with Crippen molar-refractivity contribution in [3.63, 3.8) is 0 Å². The van der Waals surface area contributed by atoms with Crippen LogP contribution < -0.4 is 5.32 Å². The summed E-state index contributed by atoms with van der Waals surface area (Å²) >= 11 is 0. The fourth-order valence-electron chi connectivity index (χ4n) is 4.43. The molecule has 1 saturated carbocycles. The van der Waals surface area contributed by atoms with Crippen LogP contribution in [0.5, 0.6) is 0 Å². The molecule has 0 radical (unpaired) electrons. The maximum atomic E-state index is 12.7. The third-order valence-corrected chi connectivity index (χ3v) is 6.30. The molecule has 0 spiro atoms. The first kappa shape index (κ1) is 20.1. The Hall–Kier alpha value is -2.21. The molecule has 156 valence electrons. The van der Waals surface area contributed by atoms with Gasteiger partial charge in [0.1, 0.15) is 0 Å². The van der Waals surface area contributed by atoms with Crippen LogP contribution in [0.3, 0.4) is 0 Å². The van der Waals surface area contributed by atoms with E-state index in [1.165, 1.54) is 31.2 Å². The van der Waals surface area contributed by atoms with Gasteiger partial charge in [0, 0.05) is 17.5 Å². The first-order chi connectivity index (χ1) is 14.2. The minimum atomic E-state index is 0.139.